The molecule has 0 amide bonds. The van der Waals surface area contributed by atoms with Crippen molar-refractivity contribution >= 4 is 11.9 Å². The molecule has 47 heavy (non-hydrogen) atoms. The first-order valence-corrected chi connectivity index (χ1v) is 19.7. The smallest absolute Gasteiger partial charge is 0.306 e. The molecule has 1 atom stereocenters. The standard InChI is InChI=1S/C42H74O5/c1-3-5-7-9-11-13-15-17-19-21-23-25-27-29-31-33-35-37-42(45)47-40(38-43)39-46-41(44)36-34-32-30-28-26-24-22-20-18-16-14-12-10-8-6-4-2/h5,7,11,13,17,19-20,22,40,43H,3-4,6,8-10,12,14-16,18,21,23-39H2,1-2H3/b7-5-,13-11-,19-17-,22-20-. The van der Waals surface area contributed by atoms with Crippen LogP contribution < -0.4 is 0 Å². The highest BCUT2D eigenvalue weighted by molar-refractivity contribution is 5.70. The summed E-state index contributed by atoms with van der Waals surface area (Å²) in [5.41, 5.74) is 0. The molecular weight excluding hydrogens is 584 g/mol. The van der Waals surface area contributed by atoms with Gasteiger partial charge in [-0.15, -0.1) is 0 Å². The van der Waals surface area contributed by atoms with Crippen LogP contribution in [0.1, 0.15) is 187 Å². The Kier molecular flexibility index (Phi) is 36.6. The molecule has 0 heterocycles. The summed E-state index contributed by atoms with van der Waals surface area (Å²) in [6.07, 6.45) is 47.4. The maximum Gasteiger partial charge on any atom is 0.306 e. The zero-order valence-corrected chi connectivity index (χ0v) is 30.8. The van der Waals surface area contributed by atoms with Crippen LogP contribution in [0, 0.1) is 0 Å². The molecule has 1 N–H and O–H groups in total. The van der Waals surface area contributed by atoms with Gasteiger partial charge in [-0.2, -0.15) is 0 Å². The number of carbonyl (C=O) groups excluding carboxylic acids is 2. The Labute approximate surface area is 290 Å². The van der Waals surface area contributed by atoms with Gasteiger partial charge in [-0.25, -0.2) is 0 Å². The van der Waals surface area contributed by atoms with Crippen molar-refractivity contribution in [3.63, 3.8) is 0 Å². The third-order valence-corrected chi connectivity index (χ3v) is 8.36. The monoisotopic (exact) mass is 659 g/mol. The third-order valence-electron chi connectivity index (χ3n) is 8.36. The lowest BCUT2D eigenvalue weighted by molar-refractivity contribution is -0.161. The van der Waals surface area contributed by atoms with E-state index in [0.29, 0.717) is 12.8 Å². The van der Waals surface area contributed by atoms with Gasteiger partial charge in [0, 0.05) is 12.8 Å². The quantitative estimate of drug-likeness (QED) is 0.0417. The summed E-state index contributed by atoms with van der Waals surface area (Å²) >= 11 is 0. The molecule has 0 bridgehead atoms. The zero-order valence-electron chi connectivity index (χ0n) is 30.8. The van der Waals surface area contributed by atoms with Crippen molar-refractivity contribution in [1.29, 1.82) is 0 Å². The highest BCUT2D eigenvalue weighted by Crippen LogP contribution is 2.13. The average molecular weight is 659 g/mol. The van der Waals surface area contributed by atoms with E-state index < -0.39 is 6.10 Å². The Hall–Kier alpha value is -2.14. The van der Waals surface area contributed by atoms with Crippen molar-refractivity contribution < 1.29 is 24.2 Å². The van der Waals surface area contributed by atoms with Crippen molar-refractivity contribution in [2.24, 2.45) is 0 Å². The van der Waals surface area contributed by atoms with Gasteiger partial charge in [-0.05, 0) is 70.6 Å². The molecule has 1 unspecified atom stereocenters. The van der Waals surface area contributed by atoms with E-state index in [1.165, 1.54) is 89.9 Å². The van der Waals surface area contributed by atoms with Crippen LogP contribution in [0.25, 0.3) is 0 Å². The summed E-state index contributed by atoms with van der Waals surface area (Å²) in [6.45, 7) is 4.01. The molecule has 0 rings (SSSR count). The first-order valence-electron chi connectivity index (χ1n) is 19.7. The van der Waals surface area contributed by atoms with Crippen LogP contribution in [-0.2, 0) is 19.1 Å². The Morgan fingerprint density at radius 3 is 1.40 bits per heavy atom. The van der Waals surface area contributed by atoms with Gasteiger partial charge in [0.05, 0.1) is 6.61 Å². The van der Waals surface area contributed by atoms with E-state index in [1.807, 2.05) is 0 Å². The Bertz CT molecular complexity index is 797. The number of unbranched alkanes of at least 4 members (excludes halogenated alkanes) is 19. The van der Waals surface area contributed by atoms with Crippen molar-refractivity contribution in [3.05, 3.63) is 48.6 Å². The van der Waals surface area contributed by atoms with E-state index in [1.54, 1.807) is 0 Å². The molecule has 0 aliphatic rings. The van der Waals surface area contributed by atoms with Gasteiger partial charge >= 0.3 is 11.9 Å². The Morgan fingerprint density at radius 2 is 0.915 bits per heavy atom. The number of hydrogen-bond acceptors (Lipinski definition) is 5. The summed E-state index contributed by atoms with van der Waals surface area (Å²) in [7, 11) is 0. The lowest BCUT2D eigenvalue weighted by atomic mass is 10.1. The summed E-state index contributed by atoms with van der Waals surface area (Å²) in [5, 5.41) is 9.55. The molecule has 0 radical (unpaired) electrons. The first-order chi connectivity index (χ1) is 23.1. The molecule has 5 heteroatoms. The van der Waals surface area contributed by atoms with E-state index >= 15 is 0 Å². The summed E-state index contributed by atoms with van der Waals surface area (Å²) in [6, 6.07) is 0. The normalized spacial score (nSPS) is 12.7. The second-order valence-corrected chi connectivity index (χ2v) is 13.0. The fourth-order valence-electron chi connectivity index (χ4n) is 5.39. The van der Waals surface area contributed by atoms with Crippen molar-refractivity contribution in [2.75, 3.05) is 13.2 Å². The first kappa shape index (κ1) is 44.9. The molecule has 272 valence electrons. The highest BCUT2D eigenvalue weighted by Gasteiger charge is 2.16. The fraction of sp³-hybridized carbons (Fsp3) is 0.762. The fourth-order valence-corrected chi connectivity index (χ4v) is 5.39. The van der Waals surface area contributed by atoms with E-state index in [4.69, 9.17) is 9.47 Å². The number of carbonyl (C=O) groups is 2. The summed E-state index contributed by atoms with van der Waals surface area (Å²) in [5.74, 6) is -0.612. The molecule has 0 aliphatic carbocycles. The number of allylic oxidation sites excluding steroid dienone is 8. The van der Waals surface area contributed by atoms with Crippen LogP contribution in [0.2, 0.25) is 0 Å². The van der Waals surface area contributed by atoms with Gasteiger partial charge < -0.3 is 14.6 Å². The van der Waals surface area contributed by atoms with Gasteiger partial charge in [0.25, 0.3) is 0 Å². The molecule has 0 aromatic heterocycles. The summed E-state index contributed by atoms with van der Waals surface area (Å²) in [4.78, 5) is 24.2. The second kappa shape index (κ2) is 38.3. The molecule has 0 aromatic carbocycles. The largest absolute Gasteiger partial charge is 0.462 e. The van der Waals surface area contributed by atoms with Gasteiger partial charge in [-0.3, -0.25) is 9.59 Å². The Morgan fingerprint density at radius 1 is 0.511 bits per heavy atom. The van der Waals surface area contributed by atoms with E-state index in [2.05, 4.69) is 62.5 Å². The minimum atomic E-state index is -0.779. The molecule has 0 aliphatic heterocycles. The lowest BCUT2D eigenvalue weighted by Gasteiger charge is -2.15. The van der Waals surface area contributed by atoms with Crippen LogP contribution in [0.3, 0.4) is 0 Å². The number of aliphatic hydroxyl groups excluding tert-OH is 1. The number of hydrogen-bond donors (Lipinski definition) is 1. The van der Waals surface area contributed by atoms with Gasteiger partial charge in [0.2, 0.25) is 0 Å². The minimum absolute atomic E-state index is 0.0746. The maximum absolute atomic E-state index is 12.2. The predicted octanol–water partition coefficient (Wildman–Crippen LogP) is 12.2. The summed E-state index contributed by atoms with van der Waals surface area (Å²) < 4.78 is 10.6. The molecule has 0 saturated heterocycles. The van der Waals surface area contributed by atoms with Crippen molar-refractivity contribution in [1.82, 2.24) is 0 Å². The highest BCUT2D eigenvalue weighted by atomic mass is 16.6. The number of ether oxygens (including phenoxy) is 2. The topological polar surface area (TPSA) is 72.8 Å². The van der Waals surface area contributed by atoms with Crippen LogP contribution in [-0.4, -0.2) is 36.4 Å². The molecule has 0 fully saturated rings. The van der Waals surface area contributed by atoms with Crippen LogP contribution >= 0.6 is 0 Å². The number of aliphatic hydroxyl groups is 1. The van der Waals surface area contributed by atoms with Gasteiger partial charge in [0.15, 0.2) is 6.10 Å². The van der Waals surface area contributed by atoms with Crippen molar-refractivity contribution in [2.45, 2.75) is 193 Å². The van der Waals surface area contributed by atoms with E-state index in [0.717, 1.165) is 70.6 Å². The Balaban J connectivity index is 3.59. The van der Waals surface area contributed by atoms with Crippen LogP contribution in [0.4, 0.5) is 0 Å². The molecule has 0 aromatic rings. The molecular formula is C42H74O5. The lowest BCUT2D eigenvalue weighted by Crippen LogP contribution is -2.28. The van der Waals surface area contributed by atoms with E-state index in [9.17, 15) is 14.7 Å². The average Bonchev–Trinajstić information content (AvgIpc) is 3.07. The SMILES string of the molecule is CC/C=C\C/C=C\C/C=C\CCCCCCCCCC(=O)OC(CO)COC(=O)CCCCCCC/C=C\CCCCCCCCC. The second-order valence-electron chi connectivity index (χ2n) is 13.0. The third kappa shape index (κ3) is 36.5. The van der Waals surface area contributed by atoms with Crippen LogP contribution in [0.5, 0.6) is 0 Å². The van der Waals surface area contributed by atoms with Crippen LogP contribution in [0.15, 0.2) is 48.6 Å². The predicted molar refractivity (Wildman–Crippen MR) is 200 cm³/mol. The number of esters is 2. The number of rotatable bonds is 35. The van der Waals surface area contributed by atoms with Gasteiger partial charge in [0.1, 0.15) is 6.61 Å². The minimum Gasteiger partial charge on any atom is -0.462 e. The van der Waals surface area contributed by atoms with Gasteiger partial charge in [-0.1, -0.05) is 152 Å². The maximum atomic E-state index is 12.2. The molecule has 0 spiro atoms. The molecule has 0 saturated carbocycles. The molecule has 5 nitrogen and oxygen atoms in total. The zero-order chi connectivity index (χ0) is 34.3. The van der Waals surface area contributed by atoms with Crippen molar-refractivity contribution in [3.8, 4) is 0 Å². The van der Waals surface area contributed by atoms with E-state index in [-0.39, 0.29) is 25.2 Å².